The van der Waals surface area contributed by atoms with Crippen LogP contribution in [0, 0.1) is 0 Å². The van der Waals surface area contributed by atoms with Crippen molar-refractivity contribution in [3.63, 3.8) is 0 Å². The first-order valence-corrected chi connectivity index (χ1v) is 18.9. The Bertz CT molecular complexity index is 1500. The van der Waals surface area contributed by atoms with Gasteiger partial charge in [-0.25, -0.2) is 0 Å². The molecule has 4 aromatic carbocycles. The highest BCUT2D eigenvalue weighted by molar-refractivity contribution is 7.78. The molecule has 0 aliphatic rings. The normalized spacial score (nSPS) is 11.1. The van der Waals surface area contributed by atoms with Crippen molar-refractivity contribution in [1.29, 1.82) is 0 Å². The van der Waals surface area contributed by atoms with E-state index in [4.69, 9.17) is 13.3 Å². The van der Waals surface area contributed by atoms with Gasteiger partial charge in [0.25, 0.3) is 0 Å². The number of benzene rings is 4. The van der Waals surface area contributed by atoms with Crippen LogP contribution in [0.3, 0.4) is 0 Å². The van der Waals surface area contributed by atoms with Crippen molar-refractivity contribution in [2.45, 2.75) is 0 Å². The maximum absolute atomic E-state index is 5.45. The maximum atomic E-state index is 5.45. The van der Waals surface area contributed by atoms with E-state index in [0.717, 1.165) is 16.5 Å². The topological polar surface area (TPSA) is 39.4 Å². The van der Waals surface area contributed by atoms with Gasteiger partial charge >= 0.3 is 0 Å². The molecule has 6 heteroatoms. The van der Waals surface area contributed by atoms with Crippen molar-refractivity contribution >= 4 is 61.5 Å². The second-order valence-electron chi connectivity index (χ2n) is 9.83. The Hall–Kier alpha value is -3.99. The number of furan rings is 3. The van der Waals surface area contributed by atoms with Gasteiger partial charge in [-0.1, -0.05) is 121 Å². The van der Waals surface area contributed by atoms with Crippen LogP contribution in [0.1, 0.15) is 0 Å². The first-order chi connectivity index (χ1) is 21.9. The molecule has 7 rings (SSSR count). The van der Waals surface area contributed by atoms with Crippen LogP contribution in [-0.2, 0) is 0 Å². The van der Waals surface area contributed by atoms with Gasteiger partial charge in [0.1, 0.15) is 24.4 Å². The molecule has 0 radical (unpaired) electrons. The maximum Gasteiger partial charge on any atom is 0.140 e. The van der Waals surface area contributed by atoms with Crippen LogP contribution in [0.25, 0.3) is 0 Å². The molecular formula is C38H33O3P3. The molecule has 0 aliphatic heterocycles. The highest BCUT2D eigenvalue weighted by Crippen LogP contribution is 2.41. The van der Waals surface area contributed by atoms with Crippen molar-refractivity contribution in [2.24, 2.45) is 0 Å². The summed E-state index contributed by atoms with van der Waals surface area (Å²) < 4.78 is 16.4. The lowest BCUT2D eigenvalue weighted by Gasteiger charge is -2.24. The second kappa shape index (κ2) is 15.7. The third-order valence-electron chi connectivity index (χ3n) is 7.00. The standard InChI is InChI=1S/C26H24P2.C12H9O3P/c1-5-13-23(14-6-1)27(24-15-7-2-8-16-24)21-22-28(25-17-9-3-10-18-25)26-19-11-4-12-20-26;1-4-10(13-7-1)16(11-5-2-8-14-11)12-6-3-9-15-12/h1-20H,21-22H2;1-9H. The van der Waals surface area contributed by atoms with Gasteiger partial charge in [-0.2, -0.15) is 0 Å². The smallest absolute Gasteiger partial charge is 0.140 e. The van der Waals surface area contributed by atoms with E-state index < -0.39 is 7.92 Å². The number of rotatable bonds is 10. The summed E-state index contributed by atoms with van der Waals surface area (Å²) >= 11 is 0. The molecule has 0 saturated heterocycles. The van der Waals surface area contributed by atoms with Gasteiger partial charge in [0.05, 0.1) is 18.8 Å². The van der Waals surface area contributed by atoms with E-state index in [1.165, 1.54) is 33.5 Å². The van der Waals surface area contributed by atoms with Crippen LogP contribution < -0.4 is 37.7 Å². The lowest BCUT2D eigenvalue weighted by atomic mass is 10.4. The second-order valence-corrected chi connectivity index (χ2v) is 16.5. The molecule has 0 aliphatic carbocycles. The average molecular weight is 631 g/mol. The Morgan fingerprint density at radius 1 is 0.318 bits per heavy atom. The summed E-state index contributed by atoms with van der Waals surface area (Å²) in [6, 6.07) is 55.6. The van der Waals surface area contributed by atoms with Gasteiger partial charge in [0.15, 0.2) is 0 Å². The molecule has 0 unspecified atom stereocenters. The molecule has 0 atom stereocenters. The van der Waals surface area contributed by atoms with Crippen molar-refractivity contribution in [1.82, 2.24) is 0 Å². The summed E-state index contributed by atoms with van der Waals surface area (Å²) in [4.78, 5) is 0. The highest BCUT2D eigenvalue weighted by atomic mass is 31.1. The van der Waals surface area contributed by atoms with Crippen LogP contribution >= 0.6 is 23.8 Å². The molecule has 0 amide bonds. The minimum Gasteiger partial charge on any atom is -0.464 e. The molecule has 0 saturated carbocycles. The number of hydrogen-bond acceptors (Lipinski definition) is 3. The zero-order valence-corrected chi connectivity index (χ0v) is 26.9. The molecule has 3 nitrogen and oxygen atoms in total. The molecule has 0 spiro atoms. The monoisotopic (exact) mass is 630 g/mol. The van der Waals surface area contributed by atoms with Gasteiger partial charge in [0, 0.05) is 0 Å². The number of hydrogen-bond donors (Lipinski definition) is 0. The van der Waals surface area contributed by atoms with Crippen molar-refractivity contribution in [2.75, 3.05) is 12.3 Å². The molecule has 44 heavy (non-hydrogen) atoms. The summed E-state index contributed by atoms with van der Waals surface area (Å²) in [5, 5.41) is 5.89. The first kappa shape index (κ1) is 30.1. The van der Waals surface area contributed by atoms with E-state index in [1.54, 1.807) is 18.8 Å². The van der Waals surface area contributed by atoms with Crippen molar-refractivity contribution in [3.05, 3.63) is 177 Å². The fraction of sp³-hybridized carbons (Fsp3) is 0.0526. The predicted octanol–water partition coefficient (Wildman–Crippen LogP) is 7.48. The van der Waals surface area contributed by atoms with E-state index in [-0.39, 0.29) is 15.8 Å². The summed E-state index contributed by atoms with van der Waals surface area (Å²) in [5.74, 6) is 0. The van der Waals surface area contributed by atoms with E-state index >= 15 is 0 Å². The van der Waals surface area contributed by atoms with Gasteiger partial charge in [0.2, 0.25) is 0 Å². The summed E-state index contributed by atoms with van der Waals surface area (Å²) in [5.41, 5.74) is 2.62. The van der Waals surface area contributed by atoms with Gasteiger partial charge in [-0.05, 0) is 85.8 Å². The summed E-state index contributed by atoms with van der Waals surface area (Å²) in [6.07, 6.45) is 7.40. The van der Waals surface area contributed by atoms with Crippen molar-refractivity contribution < 1.29 is 13.3 Å². The Kier molecular flexibility index (Phi) is 10.7. The van der Waals surface area contributed by atoms with Crippen LogP contribution in [0.4, 0.5) is 0 Å². The quantitative estimate of drug-likeness (QED) is 0.147. The predicted molar refractivity (Wildman–Crippen MR) is 190 cm³/mol. The van der Waals surface area contributed by atoms with Gasteiger partial charge in [-0.3, -0.25) is 0 Å². The van der Waals surface area contributed by atoms with E-state index in [1.807, 2.05) is 36.4 Å². The van der Waals surface area contributed by atoms with Crippen LogP contribution in [0.15, 0.2) is 190 Å². The highest BCUT2D eigenvalue weighted by Gasteiger charge is 2.24. The minimum absolute atomic E-state index is 0.348. The first-order valence-electron chi connectivity index (χ1n) is 14.5. The molecule has 0 bridgehead atoms. The molecule has 3 heterocycles. The van der Waals surface area contributed by atoms with E-state index in [2.05, 4.69) is 121 Å². The minimum atomic E-state index is -0.835. The Labute approximate surface area is 262 Å². The molecule has 218 valence electrons. The van der Waals surface area contributed by atoms with Gasteiger partial charge in [-0.15, -0.1) is 0 Å². The lowest BCUT2D eigenvalue weighted by molar-refractivity contribution is 0.584. The summed E-state index contributed by atoms with van der Waals surface area (Å²) in [7, 11) is -1.53. The molecule has 0 fully saturated rings. The molecule has 0 N–H and O–H groups in total. The average Bonchev–Trinajstić information content (AvgIpc) is 3.92. The third-order valence-corrected chi connectivity index (χ3v) is 14.5. The fourth-order valence-electron chi connectivity index (χ4n) is 4.96. The Morgan fingerprint density at radius 2 is 0.591 bits per heavy atom. The zero-order chi connectivity index (χ0) is 29.8. The largest absolute Gasteiger partial charge is 0.464 e. The molecular weight excluding hydrogens is 597 g/mol. The van der Waals surface area contributed by atoms with Crippen LogP contribution in [0.5, 0.6) is 0 Å². The zero-order valence-electron chi connectivity index (χ0n) is 24.2. The van der Waals surface area contributed by atoms with Crippen molar-refractivity contribution in [3.8, 4) is 0 Å². The Balaban J connectivity index is 0.000000181. The SMILES string of the molecule is c1ccc(P(CCP(c2ccccc2)c2ccccc2)c2ccccc2)cc1.c1coc(P(c2ccco2)c2ccco2)c1. The third kappa shape index (κ3) is 7.74. The van der Waals surface area contributed by atoms with Crippen LogP contribution in [-0.4, -0.2) is 12.3 Å². The molecule has 7 aromatic rings. The fourth-order valence-corrected chi connectivity index (χ4v) is 12.2. The van der Waals surface area contributed by atoms with Crippen LogP contribution in [0.2, 0.25) is 0 Å². The van der Waals surface area contributed by atoms with E-state index in [0.29, 0.717) is 0 Å². The lowest BCUT2D eigenvalue weighted by Crippen LogP contribution is -2.19. The van der Waals surface area contributed by atoms with E-state index in [9.17, 15) is 0 Å². The van der Waals surface area contributed by atoms with Gasteiger partial charge < -0.3 is 13.3 Å². The Morgan fingerprint density at radius 3 is 0.818 bits per heavy atom. The summed E-state index contributed by atoms with van der Waals surface area (Å²) in [6.45, 7) is 0. The molecule has 3 aromatic heterocycles.